The largest absolute Gasteiger partial charge is 0.456 e. The van der Waals surface area contributed by atoms with Gasteiger partial charge in [0.1, 0.15) is 5.60 Å². The Labute approximate surface area is 140 Å². The molecule has 1 aliphatic rings. The second-order valence-corrected chi connectivity index (χ2v) is 7.50. The second kappa shape index (κ2) is 6.52. The molecule has 0 atom stereocenters. The summed E-state index contributed by atoms with van der Waals surface area (Å²) in [4.78, 5) is 14.7. The first-order valence-corrected chi connectivity index (χ1v) is 8.35. The molecule has 1 fully saturated rings. The van der Waals surface area contributed by atoms with E-state index in [9.17, 15) is 4.79 Å². The highest BCUT2D eigenvalue weighted by Crippen LogP contribution is 2.26. The van der Waals surface area contributed by atoms with Gasteiger partial charge in [0.2, 0.25) is 0 Å². The first-order chi connectivity index (χ1) is 9.78. The fraction of sp³-hybridized carbons (Fsp3) is 0.562. The van der Waals surface area contributed by atoms with Gasteiger partial charge in [0, 0.05) is 35.4 Å². The van der Waals surface area contributed by atoms with Gasteiger partial charge < -0.3 is 15.0 Å². The standard InChI is InChI=1S/C16H23IN2O2/c1-11-13(15(20)21-16(2,3)4)9-12(10-14(11)17)19-7-5-18-6-8-19/h9-10,18H,5-8H2,1-4H3. The molecule has 0 spiro atoms. The van der Waals surface area contributed by atoms with Gasteiger partial charge in [-0.05, 0) is 68.0 Å². The van der Waals surface area contributed by atoms with Crippen LogP contribution in [-0.2, 0) is 4.74 Å². The molecule has 2 rings (SSSR count). The van der Waals surface area contributed by atoms with Crippen LogP contribution in [0.4, 0.5) is 5.69 Å². The van der Waals surface area contributed by atoms with Crippen LogP contribution in [0.15, 0.2) is 12.1 Å². The molecule has 1 aromatic rings. The van der Waals surface area contributed by atoms with E-state index in [1.165, 1.54) is 0 Å². The zero-order chi connectivity index (χ0) is 15.6. The van der Waals surface area contributed by atoms with Gasteiger partial charge in [-0.2, -0.15) is 0 Å². The van der Waals surface area contributed by atoms with Gasteiger partial charge in [0.15, 0.2) is 0 Å². The van der Waals surface area contributed by atoms with Crippen LogP contribution < -0.4 is 10.2 Å². The van der Waals surface area contributed by atoms with E-state index < -0.39 is 5.60 Å². The Morgan fingerprint density at radius 1 is 1.29 bits per heavy atom. The van der Waals surface area contributed by atoms with Crippen LogP contribution >= 0.6 is 22.6 Å². The molecule has 0 amide bonds. The fourth-order valence-electron chi connectivity index (χ4n) is 2.32. The molecule has 1 saturated heterocycles. The van der Waals surface area contributed by atoms with Gasteiger partial charge in [-0.25, -0.2) is 4.79 Å². The normalized spacial score (nSPS) is 16.0. The van der Waals surface area contributed by atoms with E-state index in [2.05, 4.69) is 38.9 Å². The van der Waals surface area contributed by atoms with Crippen LogP contribution in [0.25, 0.3) is 0 Å². The van der Waals surface area contributed by atoms with Crippen molar-refractivity contribution in [3.8, 4) is 0 Å². The first kappa shape index (κ1) is 16.5. The van der Waals surface area contributed by atoms with Gasteiger partial charge in [-0.1, -0.05) is 0 Å². The summed E-state index contributed by atoms with van der Waals surface area (Å²) < 4.78 is 6.63. The average Bonchev–Trinajstić information content (AvgIpc) is 2.40. The molecule has 116 valence electrons. The molecule has 1 aliphatic heterocycles. The quantitative estimate of drug-likeness (QED) is 0.610. The maximum atomic E-state index is 12.4. The highest BCUT2D eigenvalue weighted by molar-refractivity contribution is 14.1. The lowest BCUT2D eigenvalue weighted by Crippen LogP contribution is -2.43. The molecule has 0 aliphatic carbocycles. The van der Waals surface area contributed by atoms with Crippen LogP contribution in [-0.4, -0.2) is 37.7 Å². The smallest absolute Gasteiger partial charge is 0.339 e. The van der Waals surface area contributed by atoms with Gasteiger partial charge in [-0.3, -0.25) is 0 Å². The molecule has 1 aromatic carbocycles. The van der Waals surface area contributed by atoms with E-state index in [0.717, 1.165) is 41.0 Å². The Bertz CT molecular complexity index is 532. The number of carbonyl (C=O) groups excluding carboxylic acids is 1. The van der Waals surface area contributed by atoms with Crippen LogP contribution in [0, 0.1) is 10.5 Å². The van der Waals surface area contributed by atoms with Gasteiger partial charge >= 0.3 is 5.97 Å². The minimum Gasteiger partial charge on any atom is -0.456 e. The summed E-state index contributed by atoms with van der Waals surface area (Å²) >= 11 is 2.29. The topological polar surface area (TPSA) is 41.6 Å². The van der Waals surface area contributed by atoms with Crippen molar-refractivity contribution >= 4 is 34.2 Å². The van der Waals surface area contributed by atoms with Crippen molar-refractivity contribution in [3.63, 3.8) is 0 Å². The van der Waals surface area contributed by atoms with Crippen molar-refractivity contribution in [1.82, 2.24) is 5.32 Å². The molecular formula is C16H23IN2O2. The third-order valence-electron chi connectivity index (χ3n) is 3.43. The number of hydrogen-bond donors (Lipinski definition) is 1. The van der Waals surface area contributed by atoms with Gasteiger partial charge in [-0.15, -0.1) is 0 Å². The Balaban J connectivity index is 2.32. The van der Waals surface area contributed by atoms with E-state index in [1.807, 2.05) is 33.8 Å². The molecule has 0 bridgehead atoms. The molecule has 1 heterocycles. The zero-order valence-corrected chi connectivity index (χ0v) is 15.3. The lowest BCUT2D eigenvalue weighted by atomic mass is 10.1. The lowest BCUT2D eigenvalue weighted by molar-refractivity contribution is 0.00687. The summed E-state index contributed by atoms with van der Waals surface area (Å²) in [5.41, 5.74) is 2.29. The van der Waals surface area contributed by atoms with E-state index in [1.54, 1.807) is 0 Å². The van der Waals surface area contributed by atoms with Crippen molar-refractivity contribution in [2.24, 2.45) is 0 Å². The summed E-state index contributed by atoms with van der Waals surface area (Å²) in [7, 11) is 0. The first-order valence-electron chi connectivity index (χ1n) is 7.27. The number of carbonyl (C=O) groups is 1. The highest BCUT2D eigenvalue weighted by Gasteiger charge is 2.22. The number of hydrogen-bond acceptors (Lipinski definition) is 4. The number of piperazine rings is 1. The number of benzene rings is 1. The fourth-order valence-corrected chi connectivity index (χ4v) is 2.92. The number of esters is 1. The highest BCUT2D eigenvalue weighted by atomic mass is 127. The maximum absolute atomic E-state index is 12.4. The summed E-state index contributed by atoms with van der Waals surface area (Å²) in [6.45, 7) is 11.5. The number of nitrogens with one attached hydrogen (secondary N) is 1. The molecule has 4 nitrogen and oxygen atoms in total. The molecule has 1 N–H and O–H groups in total. The maximum Gasteiger partial charge on any atom is 0.339 e. The summed E-state index contributed by atoms with van der Waals surface area (Å²) in [5.74, 6) is -0.241. The lowest BCUT2D eigenvalue weighted by Gasteiger charge is -2.30. The van der Waals surface area contributed by atoms with Crippen molar-refractivity contribution < 1.29 is 9.53 Å². The number of nitrogens with zero attached hydrogens (tertiary/aromatic N) is 1. The summed E-state index contributed by atoms with van der Waals surface area (Å²) in [5, 5.41) is 3.34. The van der Waals surface area contributed by atoms with Crippen molar-refractivity contribution in [1.29, 1.82) is 0 Å². The van der Waals surface area contributed by atoms with Crippen LogP contribution in [0.2, 0.25) is 0 Å². The monoisotopic (exact) mass is 402 g/mol. The van der Waals surface area contributed by atoms with Crippen LogP contribution in [0.1, 0.15) is 36.7 Å². The molecule has 0 unspecified atom stereocenters. The minimum absolute atomic E-state index is 0.241. The number of ether oxygens (including phenoxy) is 1. The molecule has 21 heavy (non-hydrogen) atoms. The Kier molecular flexibility index (Phi) is 5.14. The van der Waals surface area contributed by atoms with Crippen LogP contribution in [0.5, 0.6) is 0 Å². The Morgan fingerprint density at radius 3 is 2.48 bits per heavy atom. The molecular weight excluding hydrogens is 379 g/mol. The summed E-state index contributed by atoms with van der Waals surface area (Å²) in [6, 6.07) is 4.12. The third-order valence-corrected chi connectivity index (χ3v) is 4.55. The summed E-state index contributed by atoms with van der Waals surface area (Å²) in [6.07, 6.45) is 0. The SMILES string of the molecule is Cc1c(I)cc(N2CCNCC2)cc1C(=O)OC(C)(C)C. The predicted octanol–water partition coefficient (Wildman–Crippen LogP) is 2.96. The minimum atomic E-state index is -0.472. The van der Waals surface area contributed by atoms with Crippen molar-refractivity contribution in [2.45, 2.75) is 33.3 Å². The van der Waals surface area contributed by atoms with E-state index >= 15 is 0 Å². The number of rotatable bonds is 2. The second-order valence-electron chi connectivity index (χ2n) is 6.34. The van der Waals surface area contributed by atoms with E-state index in [-0.39, 0.29) is 5.97 Å². The zero-order valence-electron chi connectivity index (χ0n) is 13.1. The molecule has 0 saturated carbocycles. The van der Waals surface area contributed by atoms with E-state index in [4.69, 9.17) is 4.74 Å². The van der Waals surface area contributed by atoms with Gasteiger partial charge in [0.05, 0.1) is 5.56 Å². The van der Waals surface area contributed by atoms with Crippen molar-refractivity contribution in [3.05, 3.63) is 26.8 Å². The Morgan fingerprint density at radius 2 is 1.90 bits per heavy atom. The van der Waals surface area contributed by atoms with Crippen molar-refractivity contribution in [2.75, 3.05) is 31.1 Å². The molecule has 0 radical (unpaired) electrons. The molecule has 0 aromatic heterocycles. The average molecular weight is 402 g/mol. The number of halogens is 1. The molecule has 5 heteroatoms. The van der Waals surface area contributed by atoms with Gasteiger partial charge in [0.25, 0.3) is 0 Å². The van der Waals surface area contributed by atoms with E-state index in [0.29, 0.717) is 5.56 Å². The predicted molar refractivity (Wildman–Crippen MR) is 94.1 cm³/mol. The number of anilines is 1. The third kappa shape index (κ3) is 4.32. The Hall–Kier alpha value is -0.820. The van der Waals surface area contributed by atoms with Crippen LogP contribution in [0.3, 0.4) is 0 Å².